The van der Waals surface area contributed by atoms with Gasteiger partial charge >= 0.3 is 0 Å². The number of carbonyl (C=O) groups is 1. The largest absolute Gasteiger partial charge is 0.489 e. The van der Waals surface area contributed by atoms with E-state index in [9.17, 15) is 4.79 Å². The molecule has 4 aromatic rings. The Morgan fingerprint density at radius 2 is 1.65 bits per heavy atom. The minimum Gasteiger partial charge on any atom is -0.489 e. The SMILES string of the molecule is CC[C@@H](C)c1ccc(NC(=O)c2cccc(COc3ccc4ccccc4c3)c2)cc1. The van der Waals surface area contributed by atoms with Gasteiger partial charge in [-0.05, 0) is 70.6 Å². The fourth-order valence-corrected chi connectivity index (χ4v) is 3.56. The van der Waals surface area contributed by atoms with Crippen LogP contribution in [0.4, 0.5) is 5.69 Å². The Morgan fingerprint density at radius 3 is 2.42 bits per heavy atom. The zero-order valence-corrected chi connectivity index (χ0v) is 18.0. The quantitative estimate of drug-likeness (QED) is 0.351. The zero-order chi connectivity index (χ0) is 21.6. The average molecular weight is 410 g/mol. The van der Waals surface area contributed by atoms with Gasteiger partial charge in [-0.15, -0.1) is 0 Å². The first-order valence-corrected chi connectivity index (χ1v) is 10.7. The zero-order valence-electron chi connectivity index (χ0n) is 18.0. The molecule has 4 aromatic carbocycles. The number of rotatable bonds is 7. The summed E-state index contributed by atoms with van der Waals surface area (Å²) in [6, 6.07) is 29.9. The Bertz CT molecular complexity index is 1180. The first-order valence-electron chi connectivity index (χ1n) is 10.7. The maximum Gasteiger partial charge on any atom is 0.255 e. The molecule has 0 saturated heterocycles. The molecule has 156 valence electrons. The molecule has 0 aromatic heterocycles. The second-order valence-electron chi connectivity index (χ2n) is 7.88. The summed E-state index contributed by atoms with van der Waals surface area (Å²) in [5, 5.41) is 5.32. The van der Waals surface area contributed by atoms with Gasteiger partial charge in [0.1, 0.15) is 12.4 Å². The van der Waals surface area contributed by atoms with E-state index >= 15 is 0 Å². The smallest absolute Gasteiger partial charge is 0.255 e. The first kappa shape index (κ1) is 20.7. The molecular weight excluding hydrogens is 382 g/mol. The van der Waals surface area contributed by atoms with Crippen LogP contribution in [0.3, 0.4) is 0 Å². The van der Waals surface area contributed by atoms with Crippen LogP contribution in [0.2, 0.25) is 0 Å². The van der Waals surface area contributed by atoms with Crippen LogP contribution in [0, 0.1) is 0 Å². The maximum absolute atomic E-state index is 12.7. The molecule has 3 heteroatoms. The van der Waals surface area contributed by atoms with Crippen molar-refractivity contribution in [2.45, 2.75) is 32.8 Å². The van der Waals surface area contributed by atoms with Crippen molar-refractivity contribution in [2.75, 3.05) is 5.32 Å². The molecule has 1 amide bonds. The van der Waals surface area contributed by atoms with Gasteiger partial charge in [0, 0.05) is 11.3 Å². The van der Waals surface area contributed by atoms with Crippen molar-refractivity contribution in [1.82, 2.24) is 0 Å². The number of hydrogen-bond donors (Lipinski definition) is 1. The van der Waals surface area contributed by atoms with Crippen molar-refractivity contribution in [3.63, 3.8) is 0 Å². The van der Waals surface area contributed by atoms with E-state index in [4.69, 9.17) is 4.74 Å². The Hall–Kier alpha value is -3.59. The van der Waals surface area contributed by atoms with Gasteiger partial charge in [0.15, 0.2) is 0 Å². The molecule has 1 N–H and O–H groups in total. The molecule has 0 heterocycles. The number of anilines is 1. The van der Waals surface area contributed by atoms with Gasteiger partial charge in [0.05, 0.1) is 0 Å². The van der Waals surface area contributed by atoms with Crippen molar-refractivity contribution in [3.8, 4) is 5.75 Å². The molecule has 0 fully saturated rings. The standard InChI is InChI=1S/C28H27NO2/c1-3-20(2)22-11-14-26(15-12-22)29-28(30)25-10-6-7-21(17-25)19-31-27-16-13-23-8-4-5-9-24(23)18-27/h4-18,20H,3,19H2,1-2H3,(H,29,30)/t20-/m1/s1. The van der Waals surface area contributed by atoms with Crippen LogP contribution in [-0.4, -0.2) is 5.91 Å². The van der Waals surface area contributed by atoms with Crippen LogP contribution >= 0.6 is 0 Å². The highest BCUT2D eigenvalue weighted by Crippen LogP contribution is 2.23. The highest BCUT2D eigenvalue weighted by Gasteiger charge is 2.09. The van der Waals surface area contributed by atoms with Gasteiger partial charge in [0.2, 0.25) is 0 Å². The van der Waals surface area contributed by atoms with Crippen LogP contribution in [0.1, 0.15) is 47.7 Å². The fourth-order valence-electron chi connectivity index (χ4n) is 3.56. The molecule has 0 spiro atoms. The predicted octanol–water partition coefficient (Wildman–Crippen LogP) is 7.18. The molecule has 0 unspecified atom stereocenters. The van der Waals surface area contributed by atoms with Crippen LogP contribution in [0.5, 0.6) is 5.75 Å². The van der Waals surface area contributed by atoms with E-state index in [-0.39, 0.29) is 5.91 Å². The topological polar surface area (TPSA) is 38.3 Å². The Kier molecular flexibility index (Phi) is 6.32. The lowest BCUT2D eigenvalue weighted by Gasteiger charge is -2.11. The molecule has 0 aliphatic heterocycles. The molecule has 0 radical (unpaired) electrons. The van der Waals surface area contributed by atoms with Gasteiger partial charge in [-0.2, -0.15) is 0 Å². The van der Waals surface area contributed by atoms with Gasteiger partial charge in [-0.3, -0.25) is 4.79 Å². The Labute approximate surface area is 183 Å². The summed E-state index contributed by atoms with van der Waals surface area (Å²) in [5.74, 6) is 1.21. The van der Waals surface area contributed by atoms with Crippen molar-refractivity contribution >= 4 is 22.4 Å². The van der Waals surface area contributed by atoms with E-state index < -0.39 is 0 Å². The van der Waals surface area contributed by atoms with Crippen molar-refractivity contribution < 1.29 is 9.53 Å². The molecule has 3 nitrogen and oxygen atoms in total. The first-order chi connectivity index (χ1) is 15.1. The minimum atomic E-state index is -0.121. The third-order valence-corrected chi connectivity index (χ3v) is 5.67. The Morgan fingerprint density at radius 1 is 0.871 bits per heavy atom. The minimum absolute atomic E-state index is 0.121. The molecule has 1 atom stereocenters. The van der Waals surface area contributed by atoms with Gasteiger partial charge < -0.3 is 10.1 Å². The maximum atomic E-state index is 12.7. The normalized spacial score (nSPS) is 11.8. The lowest BCUT2D eigenvalue weighted by Crippen LogP contribution is -2.12. The fraction of sp³-hybridized carbons (Fsp3) is 0.179. The van der Waals surface area contributed by atoms with E-state index in [2.05, 4.69) is 49.5 Å². The lowest BCUT2D eigenvalue weighted by molar-refractivity contribution is 0.102. The number of ether oxygens (including phenoxy) is 1. The summed E-state index contributed by atoms with van der Waals surface area (Å²) in [6.45, 7) is 4.79. The average Bonchev–Trinajstić information content (AvgIpc) is 2.82. The number of carbonyl (C=O) groups excluding carboxylic acids is 1. The van der Waals surface area contributed by atoms with E-state index in [0.29, 0.717) is 18.1 Å². The monoisotopic (exact) mass is 409 g/mol. The van der Waals surface area contributed by atoms with E-state index in [1.54, 1.807) is 0 Å². The number of amides is 1. The van der Waals surface area contributed by atoms with Gasteiger partial charge in [0.25, 0.3) is 5.91 Å². The summed E-state index contributed by atoms with van der Waals surface area (Å²) in [6.07, 6.45) is 1.10. The number of benzene rings is 4. The van der Waals surface area contributed by atoms with Gasteiger partial charge in [-0.1, -0.05) is 68.4 Å². The summed E-state index contributed by atoms with van der Waals surface area (Å²) < 4.78 is 5.97. The van der Waals surface area contributed by atoms with E-state index in [0.717, 1.165) is 28.8 Å². The van der Waals surface area contributed by atoms with Crippen molar-refractivity contribution in [3.05, 3.63) is 108 Å². The second kappa shape index (κ2) is 9.48. The summed E-state index contributed by atoms with van der Waals surface area (Å²) in [4.78, 5) is 12.7. The highest BCUT2D eigenvalue weighted by atomic mass is 16.5. The van der Waals surface area contributed by atoms with Crippen LogP contribution in [-0.2, 0) is 6.61 Å². The second-order valence-corrected chi connectivity index (χ2v) is 7.88. The molecule has 4 rings (SSSR count). The summed E-state index contributed by atoms with van der Waals surface area (Å²) in [7, 11) is 0. The molecular formula is C28H27NO2. The van der Waals surface area contributed by atoms with Crippen molar-refractivity contribution in [2.24, 2.45) is 0 Å². The number of fused-ring (bicyclic) bond motifs is 1. The molecule has 0 bridgehead atoms. The molecule has 0 saturated carbocycles. The third kappa shape index (κ3) is 5.13. The highest BCUT2D eigenvalue weighted by molar-refractivity contribution is 6.04. The van der Waals surface area contributed by atoms with Gasteiger partial charge in [-0.25, -0.2) is 0 Å². The van der Waals surface area contributed by atoms with Crippen LogP contribution in [0.15, 0.2) is 91.0 Å². The Balaban J connectivity index is 1.40. The number of nitrogens with one attached hydrogen (secondary N) is 1. The summed E-state index contributed by atoms with van der Waals surface area (Å²) >= 11 is 0. The predicted molar refractivity (Wildman–Crippen MR) is 128 cm³/mol. The summed E-state index contributed by atoms with van der Waals surface area (Å²) in [5.41, 5.74) is 3.65. The lowest BCUT2D eigenvalue weighted by atomic mass is 9.98. The number of hydrogen-bond acceptors (Lipinski definition) is 2. The van der Waals surface area contributed by atoms with Crippen molar-refractivity contribution in [1.29, 1.82) is 0 Å². The molecule has 0 aliphatic carbocycles. The van der Waals surface area contributed by atoms with Crippen LogP contribution in [0.25, 0.3) is 10.8 Å². The van der Waals surface area contributed by atoms with E-state index in [1.165, 1.54) is 10.9 Å². The molecule has 0 aliphatic rings. The molecule has 31 heavy (non-hydrogen) atoms. The van der Waals surface area contributed by atoms with Crippen LogP contribution < -0.4 is 10.1 Å². The third-order valence-electron chi connectivity index (χ3n) is 5.67. The van der Waals surface area contributed by atoms with E-state index in [1.807, 2.05) is 60.7 Å².